The van der Waals surface area contributed by atoms with E-state index in [9.17, 15) is 0 Å². The number of aryl methyl sites for hydroxylation is 2. The lowest BCUT2D eigenvalue weighted by Gasteiger charge is -2.37. The third-order valence-corrected chi connectivity index (χ3v) is 3.98. The van der Waals surface area contributed by atoms with Crippen molar-refractivity contribution in [2.75, 3.05) is 26.2 Å². The van der Waals surface area contributed by atoms with Crippen LogP contribution in [0.1, 0.15) is 18.3 Å². The molecule has 3 N–H and O–H groups in total. The molecule has 1 atom stereocenters. The SMILES string of the molecule is Cc1cc(CN2CCN(C(C)C(N)=NO)CC2)n(C)n1. The summed E-state index contributed by atoms with van der Waals surface area (Å²) in [5.41, 5.74) is 7.95. The molecule has 1 aliphatic rings. The molecule has 0 aliphatic carbocycles. The van der Waals surface area contributed by atoms with Crippen molar-refractivity contribution in [2.45, 2.75) is 26.4 Å². The predicted molar refractivity (Wildman–Crippen MR) is 77.7 cm³/mol. The number of rotatable bonds is 4. The van der Waals surface area contributed by atoms with Crippen LogP contribution in [0, 0.1) is 6.92 Å². The van der Waals surface area contributed by atoms with Gasteiger partial charge in [0.15, 0.2) is 5.84 Å². The average Bonchev–Trinajstić information content (AvgIpc) is 2.76. The molecule has 0 aromatic carbocycles. The zero-order valence-corrected chi connectivity index (χ0v) is 12.5. The van der Waals surface area contributed by atoms with Crippen LogP contribution in [0.3, 0.4) is 0 Å². The summed E-state index contributed by atoms with van der Waals surface area (Å²) < 4.78 is 1.95. The molecule has 2 heterocycles. The van der Waals surface area contributed by atoms with E-state index in [0.29, 0.717) is 0 Å². The Morgan fingerprint density at radius 1 is 1.45 bits per heavy atom. The first-order valence-corrected chi connectivity index (χ1v) is 6.94. The highest BCUT2D eigenvalue weighted by atomic mass is 16.4. The van der Waals surface area contributed by atoms with Gasteiger partial charge in [-0.1, -0.05) is 5.16 Å². The maximum absolute atomic E-state index is 8.73. The van der Waals surface area contributed by atoms with E-state index in [-0.39, 0.29) is 11.9 Å². The lowest BCUT2D eigenvalue weighted by atomic mass is 10.2. The molecule has 0 saturated carbocycles. The number of piperazine rings is 1. The van der Waals surface area contributed by atoms with Crippen molar-refractivity contribution in [2.24, 2.45) is 17.9 Å². The highest BCUT2D eigenvalue weighted by molar-refractivity contribution is 5.84. The quantitative estimate of drug-likeness (QED) is 0.350. The summed E-state index contributed by atoms with van der Waals surface area (Å²) in [6.45, 7) is 8.71. The number of nitrogens with two attached hydrogens (primary N) is 1. The minimum atomic E-state index is -0.0129. The summed E-state index contributed by atoms with van der Waals surface area (Å²) in [6.07, 6.45) is 0. The van der Waals surface area contributed by atoms with Gasteiger partial charge in [0.25, 0.3) is 0 Å². The largest absolute Gasteiger partial charge is 0.409 e. The maximum atomic E-state index is 8.73. The predicted octanol–water partition coefficient (Wildman–Crippen LogP) is -0.0190. The molecular formula is C13H24N6O. The van der Waals surface area contributed by atoms with E-state index in [0.717, 1.165) is 38.4 Å². The molecule has 0 radical (unpaired) electrons. The van der Waals surface area contributed by atoms with Crippen molar-refractivity contribution in [3.05, 3.63) is 17.5 Å². The van der Waals surface area contributed by atoms with Crippen molar-refractivity contribution >= 4 is 5.84 Å². The molecule has 1 aromatic heterocycles. The average molecular weight is 280 g/mol. The Kier molecular flexibility index (Phi) is 4.61. The smallest absolute Gasteiger partial charge is 0.156 e. The Balaban J connectivity index is 1.87. The first-order chi connectivity index (χ1) is 9.51. The summed E-state index contributed by atoms with van der Waals surface area (Å²) >= 11 is 0. The first-order valence-electron chi connectivity index (χ1n) is 6.94. The van der Waals surface area contributed by atoms with Crippen LogP contribution < -0.4 is 5.73 Å². The van der Waals surface area contributed by atoms with Crippen molar-refractivity contribution in [1.29, 1.82) is 0 Å². The highest BCUT2D eigenvalue weighted by Crippen LogP contribution is 2.11. The fraction of sp³-hybridized carbons (Fsp3) is 0.692. The van der Waals surface area contributed by atoms with Gasteiger partial charge in [0, 0.05) is 39.8 Å². The summed E-state index contributed by atoms with van der Waals surface area (Å²) in [5.74, 6) is 0.278. The van der Waals surface area contributed by atoms with Crippen LogP contribution in [0.25, 0.3) is 0 Å². The van der Waals surface area contributed by atoms with Gasteiger partial charge >= 0.3 is 0 Å². The summed E-state index contributed by atoms with van der Waals surface area (Å²) in [7, 11) is 1.99. The van der Waals surface area contributed by atoms with Gasteiger partial charge < -0.3 is 10.9 Å². The number of aromatic nitrogens is 2. The van der Waals surface area contributed by atoms with Gasteiger partial charge in [-0.25, -0.2) is 0 Å². The minimum Gasteiger partial charge on any atom is -0.409 e. The van der Waals surface area contributed by atoms with Gasteiger partial charge in [-0.2, -0.15) is 5.10 Å². The molecule has 0 spiro atoms. The van der Waals surface area contributed by atoms with Gasteiger partial charge in [-0.15, -0.1) is 0 Å². The summed E-state index contributed by atoms with van der Waals surface area (Å²) in [4.78, 5) is 4.64. The fourth-order valence-electron chi connectivity index (χ4n) is 2.62. The molecule has 1 saturated heterocycles. The van der Waals surface area contributed by atoms with Gasteiger partial charge in [0.2, 0.25) is 0 Å². The molecule has 112 valence electrons. The lowest BCUT2D eigenvalue weighted by Crippen LogP contribution is -2.52. The van der Waals surface area contributed by atoms with Gasteiger partial charge in [-0.3, -0.25) is 14.5 Å². The van der Waals surface area contributed by atoms with E-state index in [1.807, 2.05) is 25.6 Å². The van der Waals surface area contributed by atoms with Crippen LogP contribution in [0.15, 0.2) is 11.2 Å². The van der Waals surface area contributed by atoms with E-state index in [2.05, 4.69) is 26.1 Å². The molecule has 1 fully saturated rings. The first kappa shape index (κ1) is 14.8. The highest BCUT2D eigenvalue weighted by Gasteiger charge is 2.23. The summed E-state index contributed by atoms with van der Waals surface area (Å²) in [5, 5.41) is 16.2. The van der Waals surface area contributed by atoms with Crippen LogP contribution in [0.5, 0.6) is 0 Å². The molecule has 1 unspecified atom stereocenters. The minimum absolute atomic E-state index is 0.0129. The second-order valence-corrected chi connectivity index (χ2v) is 5.41. The third-order valence-electron chi connectivity index (χ3n) is 3.98. The molecule has 0 amide bonds. The normalized spacial score (nSPS) is 20.2. The van der Waals surface area contributed by atoms with Crippen LogP contribution in [-0.4, -0.2) is 62.8 Å². The summed E-state index contributed by atoms with van der Waals surface area (Å²) in [6, 6.07) is 2.12. The van der Waals surface area contributed by atoms with Crippen LogP contribution in [-0.2, 0) is 13.6 Å². The molecular weight excluding hydrogens is 256 g/mol. The van der Waals surface area contributed by atoms with E-state index >= 15 is 0 Å². The van der Waals surface area contributed by atoms with Crippen molar-refractivity contribution in [3.63, 3.8) is 0 Å². The fourth-order valence-corrected chi connectivity index (χ4v) is 2.62. The van der Waals surface area contributed by atoms with Gasteiger partial charge in [0.1, 0.15) is 0 Å². The molecule has 1 aromatic rings. The zero-order chi connectivity index (χ0) is 14.7. The van der Waals surface area contributed by atoms with Crippen molar-refractivity contribution in [1.82, 2.24) is 19.6 Å². The van der Waals surface area contributed by atoms with Gasteiger partial charge in [-0.05, 0) is 19.9 Å². The Morgan fingerprint density at radius 2 is 2.10 bits per heavy atom. The van der Waals surface area contributed by atoms with E-state index in [1.165, 1.54) is 5.69 Å². The van der Waals surface area contributed by atoms with Crippen LogP contribution >= 0.6 is 0 Å². The van der Waals surface area contributed by atoms with Gasteiger partial charge in [0.05, 0.1) is 17.4 Å². The Morgan fingerprint density at radius 3 is 2.60 bits per heavy atom. The Bertz CT molecular complexity index is 475. The van der Waals surface area contributed by atoms with Crippen molar-refractivity contribution in [3.8, 4) is 0 Å². The molecule has 0 bridgehead atoms. The Labute approximate surface area is 119 Å². The number of nitrogens with zero attached hydrogens (tertiary/aromatic N) is 5. The van der Waals surface area contributed by atoms with E-state index < -0.39 is 0 Å². The molecule has 7 heteroatoms. The molecule has 7 nitrogen and oxygen atoms in total. The number of hydrogen-bond acceptors (Lipinski definition) is 5. The molecule has 1 aliphatic heterocycles. The molecule has 2 rings (SSSR count). The monoisotopic (exact) mass is 280 g/mol. The number of amidine groups is 1. The van der Waals surface area contributed by atoms with Crippen LogP contribution in [0.2, 0.25) is 0 Å². The lowest BCUT2D eigenvalue weighted by molar-refractivity contribution is 0.114. The number of oxime groups is 1. The number of hydrogen-bond donors (Lipinski definition) is 2. The molecule has 20 heavy (non-hydrogen) atoms. The zero-order valence-electron chi connectivity index (χ0n) is 12.5. The third kappa shape index (κ3) is 3.29. The second kappa shape index (κ2) is 6.23. The van der Waals surface area contributed by atoms with Crippen molar-refractivity contribution < 1.29 is 5.21 Å². The van der Waals surface area contributed by atoms with Crippen LogP contribution in [0.4, 0.5) is 0 Å². The maximum Gasteiger partial charge on any atom is 0.156 e. The Hall–Kier alpha value is -1.60. The standard InChI is InChI=1S/C13H24N6O/c1-10-8-12(17(3)15-10)9-18-4-6-19(7-5-18)11(2)13(14)16-20/h8,11,20H,4-7,9H2,1-3H3,(H2,14,16). The topological polar surface area (TPSA) is 82.9 Å². The second-order valence-electron chi connectivity index (χ2n) is 5.41. The van der Waals surface area contributed by atoms with E-state index in [4.69, 9.17) is 10.9 Å². The van der Waals surface area contributed by atoms with E-state index in [1.54, 1.807) is 0 Å².